The lowest BCUT2D eigenvalue weighted by atomic mass is 9.90. The topological polar surface area (TPSA) is 110 Å². The first-order valence-corrected chi connectivity index (χ1v) is 17.1. The minimum atomic E-state index is -1.17. The number of carboxylic acids is 1. The van der Waals surface area contributed by atoms with Crippen molar-refractivity contribution in [2.24, 2.45) is 7.05 Å². The fourth-order valence-corrected chi connectivity index (χ4v) is 8.17. The van der Waals surface area contributed by atoms with Crippen LogP contribution < -0.4 is 0 Å². The lowest BCUT2D eigenvalue weighted by molar-refractivity contribution is -0.261. The molecule has 0 amide bonds. The van der Waals surface area contributed by atoms with Gasteiger partial charge in [-0.2, -0.15) is 5.10 Å². The largest absolute Gasteiger partial charge is 0.479 e. The molecule has 9 nitrogen and oxygen atoms in total. The summed E-state index contributed by atoms with van der Waals surface area (Å²) in [7, 11) is 1.98. The van der Waals surface area contributed by atoms with Crippen molar-refractivity contribution in [2.45, 2.75) is 63.9 Å². The zero-order valence-electron chi connectivity index (χ0n) is 27.2. The van der Waals surface area contributed by atoms with Gasteiger partial charge in [0.2, 0.25) is 0 Å². The van der Waals surface area contributed by atoms with Gasteiger partial charge in [0.1, 0.15) is 5.01 Å². The number of aromatic nitrogens is 3. The number of aryl methyl sites for hydroxylation is 2. The van der Waals surface area contributed by atoms with E-state index in [1.165, 1.54) is 0 Å². The molecule has 5 aromatic rings. The molecule has 1 atom stereocenters. The number of thiazole rings is 1. The Labute approximate surface area is 282 Å². The van der Waals surface area contributed by atoms with E-state index in [-0.39, 0.29) is 5.92 Å². The van der Waals surface area contributed by atoms with Gasteiger partial charge < -0.3 is 19.7 Å². The number of ether oxygens (including phenoxy) is 2. The van der Waals surface area contributed by atoms with Crippen LogP contribution in [0.1, 0.15) is 62.5 Å². The number of aliphatic carboxylic acids is 1. The van der Waals surface area contributed by atoms with Crippen molar-refractivity contribution in [1.29, 1.82) is 0 Å². The number of piperidine rings is 1. The number of hydrogen-bond acceptors (Lipinski definition) is 8. The standard InChI is InChI=1S/C36H39ClN4O5S/c1-20-16-26-32(29(21-6-9-24(37)10-7-21)28(20)31(34(42)43)46-35(2,3)4)47-33(38-26)23-8-11-27-25(17-23)30(39-40(27)5)22-12-14-41(15-13-22)36(44)18-45-19-36/h6-11,16-17,22,31,44H,12-15,18-19H2,1-5H3,(H,42,43)/t31-/m0/s1. The summed E-state index contributed by atoms with van der Waals surface area (Å²) in [4.78, 5) is 20.0. The van der Waals surface area contributed by atoms with Gasteiger partial charge in [0, 0.05) is 53.2 Å². The second kappa shape index (κ2) is 11.9. The minimum Gasteiger partial charge on any atom is -0.479 e. The van der Waals surface area contributed by atoms with Gasteiger partial charge in [-0.1, -0.05) is 23.7 Å². The molecule has 47 heavy (non-hydrogen) atoms. The minimum absolute atomic E-state index is 0.280. The summed E-state index contributed by atoms with van der Waals surface area (Å²) >= 11 is 7.82. The predicted molar refractivity (Wildman–Crippen MR) is 185 cm³/mol. The van der Waals surface area contributed by atoms with Crippen LogP contribution in [0.15, 0.2) is 48.5 Å². The molecular formula is C36H39ClN4O5S. The van der Waals surface area contributed by atoms with Crippen molar-refractivity contribution in [3.63, 3.8) is 0 Å². The quantitative estimate of drug-likeness (QED) is 0.185. The molecule has 0 aliphatic carbocycles. The first-order valence-electron chi connectivity index (χ1n) is 15.9. The second-order valence-corrected chi connectivity index (χ2v) is 15.2. The molecule has 2 N–H and O–H groups in total. The molecule has 2 saturated heterocycles. The van der Waals surface area contributed by atoms with Crippen LogP contribution >= 0.6 is 22.9 Å². The van der Waals surface area contributed by atoms with E-state index < -0.39 is 23.4 Å². The molecule has 0 radical (unpaired) electrons. The maximum atomic E-state index is 12.7. The van der Waals surface area contributed by atoms with Crippen molar-refractivity contribution in [2.75, 3.05) is 26.3 Å². The van der Waals surface area contributed by atoms with Crippen LogP contribution in [-0.2, 0) is 21.3 Å². The van der Waals surface area contributed by atoms with Crippen molar-refractivity contribution in [3.05, 3.63) is 70.4 Å². The molecule has 0 spiro atoms. The van der Waals surface area contributed by atoms with Crippen LogP contribution in [0.25, 0.3) is 42.8 Å². The molecule has 7 rings (SSSR count). The van der Waals surface area contributed by atoms with Gasteiger partial charge in [-0.3, -0.25) is 9.58 Å². The highest BCUT2D eigenvalue weighted by atomic mass is 35.5. The van der Waals surface area contributed by atoms with E-state index >= 15 is 0 Å². The number of fused-ring (bicyclic) bond motifs is 2. The van der Waals surface area contributed by atoms with Crippen LogP contribution in [0, 0.1) is 6.92 Å². The number of carboxylic acid groups (broad SMARTS) is 1. The average Bonchev–Trinajstić information content (AvgIpc) is 3.58. The van der Waals surface area contributed by atoms with E-state index in [1.807, 2.05) is 69.8 Å². The zero-order valence-corrected chi connectivity index (χ0v) is 28.8. The summed E-state index contributed by atoms with van der Waals surface area (Å²) in [5, 5.41) is 28.7. The summed E-state index contributed by atoms with van der Waals surface area (Å²) in [6, 6.07) is 15.8. The smallest absolute Gasteiger partial charge is 0.337 e. The highest BCUT2D eigenvalue weighted by molar-refractivity contribution is 7.22. The van der Waals surface area contributed by atoms with Crippen molar-refractivity contribution >= 4 is 50.0 Å². The van der Waals surface area contributed by atoms with Crippen LogP contribution in [0.4, 0.5) is 0 Å². The van der Waals surface area contributed by atoms with E-state index in [1.54, 1.807) is 11.3 Å². The SMILES string of the molecule is Cc1cc2nc(-c3ccc4c(c3)c(C3CCN(C5(O)COC5)CC3)nn4C)sc2c(-c2ccc(Cl)cc2)c1[C@H](OC(C)(C)C)C(=O)O. The number of halogens is 1. The number of rotatable bonds is 7. The lowest BCUT2D eigenvalue weighted by Crippen LogP contribution is -2.63. The zero-order chi connectivity index (χ0) is 33.2. The Bertz CT molecular complexity index is 1980. The Hall–Kier alpha value is -3.38. The van der Waals surface area contributed by atoms with Crippen LogP contribution in [-0.4, -0.2) is 73.5 Å². The molecule has 4 heterocycles. The molecule has 2 aromatic heterocycles. The molecule has 246 valence electrons. The summed E-state index contributed by atoms with van der Waals surface area (Å²) in [5.74, 6) is -0.763. The summed E-state index contributed by atoms with van der Waals surface area (Å²) in [6.07, 6.45) is 0.648. The third-order valence-electron chi connectivity index (χ3n) is 9.28. The maximum absolute atomic E-state index is 12.7. The first kappa shape index (κ1) is 32.2. The molecule has 0 saturated carbocycles. The van der Waals surface area contributed by atoms with E-state index in [0.29, 0.717) is 23.8 Å². The Balaban J connectivity index is 1.32. The van der Waals surface area contributed by atoms with Gasteiger partial charge >= 0.3 is 5.97 Å². The van der Waals surface area contributed by atoms with Crippen molar-refractivity contribution in [1.82, 2.24) is 19.7 Å². The van der Waals surface area contributed by atoms with Gasteiger partial charge in [-0.25, -0.2) is 9.78 Å². The number of aliphatic hydroxyl groups is 1. The van der Waals surface area contributed by atoms with E-state index in [4.69, 9.17) is 31.2 Å². The van der Waals surface area contributed by atoms with Gasteiger partial charge in [-0.15, -0.1) is 11.3 Å². The maximum Gasteiger partial charge on any atom is 0.337 e. The number of nitrogens with zero attached hydrogens (tertiary/aromatic N) is 4. The molecular weight excluding hydrogens is 636 g/mol. The van der Waals surface area contributed by atoms with Gasteiger partial charge in [-0.05, 0) is 88.1 Å². The van der Waals surface area contributed by atoms with Crippen LogP contribution in [0.5, 0.6) is 0 Å². The average molecular weight is 675 g/mol. The molecule has 0 unspecified atom stereocenters. The number of benzene rings is 3. The van der Waals surface area contributed by atoms with E-state index in [9.17, 15) is 15.0 Å². The van der Waals surface area contributed by atoms with Crippen molar-refractivity contribution < 1.29 is 24.5 Å². The summed E-state index contributed by atoms with van der Waals surface area (Å²) in [6.45, 7) is 9.85. The molecule has 2 aliphatic heterocycles. The monoisotopic (exact) mass is 674 g/mol. The predicted octanol–water partition coefficient (Wildman–Crippen LogP) is 7.32. The fraction of sp³-hybridized carbons (Fsp3) is 0.417. The van der Waals surface area contributed by atoms with Gasteiger partial charge in [0.05, 0.1) is 40.2 Å². The Kier molecular flexibility index (Phi) is 8.18. The molecule has 2 aliphatic rings. The molecule has 3 aromatic carbocycles. The Morgan fingerprint density at radius 1 is 1.11 bits per heavy atom. The summed E-state index contributed by atoms with van der Waals surface area (Å²) < 4.78 is 14.3. The van der Waals surface area contributed by atoms with Crippen molar-refractivity contribution in [3.8, 4) is 21.7 Å². The number of hydrogen-bond donors (Lipinski definition) is 2. The Morgan fingerprint density at radius 3 is 2.40 bits per heavy atom. The Morgan fingerprint density at radius 2 is 1.79 bits per heavy atom. The lowest BCUT2D eigenvalue weighted by Gasteiger charge is -2.47. The van der Waals surface area contributed by atoms with Gasteiger partial charge in [0.15, 0.2) is 11.8 Å². The third kappa shape index (κ3) is 5.96. The van der Waals surface area contributed by atoms with Gasteiger partial charge in [0.25, 0.3) is 0 Å². The van der Waals surface area contributed by atoms with E-state index in [2.05, 4.69) is 23.1 Å². The summed E-state index contributed by atoms with van der Waals surface area (Å²) in [5.41, 5.74) is 5.46. The highest BCUT2D eigenvalue weighted by Crippen LogP contribution is 2.45. The molecule has 11 heteroatoms. The fourth-order valence-electron chi connectivity index (χ4n) is 6.93. The molecule has 0 bridgehead atoms. The molecule has 2 fully saturated rings. The third-order valence-corrected chi connectivity index (χ3v) is 10.7. The second-order valence-electron chi connectivity index (χ2n) is 13.8. The first-order chi connectivity index (χ1) is 22.3. The number of likely N-dealkylation sites (tertiary alicyclic amines) is 1. The van der Waals surface area contributed by atoms with Crippen LogP contribution in [0.3, 0.4) is 0 Å². The highest BCUT2D eigenvalue weighted by Gasteiger charge is 2.44. The normalized spacial score (nSPS) is 18.1. The number of carbonyl (C=O) groups is 1. The van der Waals surface area contributed by atoms with E-state index in [0.717, 1.165) is 80.0 Å². The van der Waals surface area contributed by atoms with Crippen LogP contribution in [0.2, 0.25) is 5.02 Å².